The van der Waals surface area contributed by atoms with Gasteiger partial charge in [-0.1, -0.05) is 36.7 Å². The van der Waals surface area contributed by atoms with Crippen LogP contribution in [0.4, 0.5) is 0 Å². The zero-order valence-corrected chi connectivity index (χ0v) is 12.7. The number of amidine groups is 1. The van der Waals surface area contributed by atoms with Crippen LogP contribution < -0.4 is 10.5 Å². The SMILES string of the molecule is CC1(C)CCC(Oc2cccc(Cl)c2/C(N)=N/O)CC1. The predicted octanol–water partition coefficient (Wildman–Crippen LogP) is 3.78. The summed E-state index contributed by atoms with van der Waals surface area (Å²) in [5.74, 6) is 0.555. The van der Waals surface area contributed by atoms with E-state index in [9.17, 15) is 0 Å². The van der Waals surface area contributed by atoms with Crippen molar-refractivity contribution in [2.75, 3.05) is 0 Å². The molecular formula is C15H21ClN2O2. The third kappa shape index (κ3) is 3.37. The first-order valence-electron chi connectivity index (χ1n) is 6.86. The van der Waals surface area contributed by atoms with Gasteiger partial charge in [-0.25, -0.2) is 0 Å². The molecule has 5 heteroatoms. The van der Waals surface area contributed by atoms with Crippen molar-refractivity contribution < 1.29 is 9.94 Å². The molecule has 0 aliphatic heterocycles. The fourth-order valence-corrected chi connectivity index (χ4v) is 2.83. The summed E-state index contributed by atoms with van der Waals surface area (Å²) >= 11 is 6.11. The van der Waals surface area contributed by atoms with Crippen LogP contribution in [-0.2, 0) is 0 Å². The molecule has 2 rings (SSSR count). The molecule has 1 fully saturated rings. The first-order valence-corrected chi connectivity index (χ1v) is 7.24. The van der Waals surface area contributed by atoms with E-state index in [1.54, 1.807) is 18.2 Å². The van der Waals surface area contributed by atoms with Crippen molar-refractivity contribution in [2.24, 2.45) is 16.3 Å². The van der Waals surface area contributed by atoms with Crippen LogP contribution in [0.2, 0.25) is 5.02 Å². The molecule has 0 bridgehead atoms. The molecule has 1 saturated carbocycles. The summed E-state index contributed by atoms with van der Waals surface area (Å²) in [6.45, 7) is 4.56. The molecule has 1 aliphatic carbocycles. The Morgan fingerprint density at radius 1 is 1.40 bits per heavy atom. The Morgan fingerprint density at radius 2 is 2.05 bits per heavy atom. The molecule has 1 aromatic carbocycles. The van der Waals surface area contributed by atoms with Crippen LogP contribution in [0, 0.1) is 5.41 Å². The van der Waals surface area contributed by atoms with Crippen molar-refractivity contribution in [2.45, 2.75) is 45.6 Å². The van der Waals surface area contributed by atoms with Crippen LogP contribution in [0.3, 0.4) is 0 Å². The first-order chi connectivity index (χ1) is 9.43. The van der Waals surface area contributed by atoms with Crippen molar-refractivity contribution in [3.8, 4) is 5.75 Å². The number of rotatable bonds is 3. The Kier molecular flexibility index (Phi) is 4.43. The largest absolute Gasteiger partial charge is 0.490 e. The number of benzene rings is 1. The topological polar surface area (TPSA) is 67.8 Å². The zero-order chi connectivity index (χ0) is 14.8. The van der Waals surface area contributed by atoms with Gasteiger partial charge in [-0.05, 0) is 43.2 Å². The van der Waals surface area contributed by atoms with E-state index in [0.717, 1.165) is 25.7 Å². The lowest BCUT2D eigenvalue weighted by atomic mass is 9.76. The fourth-order valence-electron chi connectivity index (χ4n) is 2.57. The van der Waals surface area contributed by atoms with Gasteiger partial charge >= 0.3 is 0 Å². The summed E-state index contributed by atoms with van der Waals surface area (Å²) in [5.41, 5.74) is 6.53. The summed E-state index contributed by atoms with van der Waals surface area (Å²) in [4.78, 5) is 0. The third-order valence-corrected chi connectivity index (χ3v) is 4.23. The molecule has 4 nitrogen and oxygen atoms in total. The summed E-state index contributed by atoms with van der Waals surface area (Å²) in [5, 5.41) is 12.3. The minimum Gasteiger partial charge on any atom is -0.490 e. The molecule has 0 heterocycles. The highest BCUT2D eigenvalue weighted by Gasteiger charge is 2.28. The van der Waals surface area contributed by atoms with Gasteiger partial charge in [-0.2, -0.15) is 0 Å². The van der Waals surface area contributed by atoms with Crippen molar-refractivity contribution in [3.63, 3.8) is 0 Å². The second-order valence-electron chi connectivity index (χ2n) is 6.08. The quantitative estimate of drug-likeness (QED) is 0.386. The van der Waals surface area contributed by atoms with Crippen molar-refractivity contribution in [1.82, 2.24) is 0 Å². The molecular weight excluding hydrogens is 276 g/mol. The Labute approximate surface area is 124 Å². The maximum Gasteiger partial charge on any atom is 0.175 e. The molecule has 0 atom stereocenters. The molecule has 0 amide bonds. The molecule has 0 saturated heterocycles. The average molecular weight is 297 g/mol. The van der Waals surface area contributed by atoms with Crippen LogP contribution in [-0.4, -0.2) is 17.1 Å². The molecule has 1 aromatic rings. The van der Waals surface area contributed by atoms with Gasteiger partial charge in [-0.15, -0.1) is 0 Å². The molecule has 20 heavy (non-hydrogen) atoms. The maximum atomic E-state index is 8.86. The lowest BCUT2D eigenvalue weighted by molar-refractivity contribution is 0.0986. The van der Waals surface area contributed by atoms with Gasteiger partial charge in [0.05, 0.1) is 16.7 Å². The smallest absolute Gasteiger partial charge is 0.175 e. The van der Waals surface area contributed by atoms with Crippen LogP contribution in [0.25, 0.3) is 0 Å². The highest BCUT2D eigenvalue weighted by atomic mass is 35.5. The Hall–Kier alpha value is -1.42. The number of ether oxygens (including phenoxy) is 1. The van der Waals surface area contributed by atoms with Gasteiger partial charge in [0.25, 0.3) is 0 Å². The standard InChI is InChI=1S/C15H21ClN2O2/c1-15(2)8-6-10(7-9-15)20-12-5-3-4-11(16)13(12)14(17)18-19/h3-5,10,19H,6-9H2,1-2H3,(H2,17,18). The van der Waals surface area contributed by atoms with Crippen molar-refractivity contribution in [3.05, 3.63) is 28.8 Å². The fraction of sp³-hybridized carbons (Fsp3) is 0.533. The van der Waals surface area contributed by atoms with E-state index >= 15 is 0 Å². The molecule has 110 valence electrons. The summed E-state index contributed by atoms with van der Waals surface area (Å²) in [6, 6.07) is 5.31. The normalized spacial score (nSPS) is 19.9. The van der Waals surface area contributed by atoms with E-state index in [-0.39, 0.29) is 11.9 Å². The van der Waals surface area contributed by atoms with Gasteiger partial charge in [0, 0.05) is 0 Å². The molecule has 1 aliphatic rings. The minimum atomic E-state index is -0.0262. The highest BCUT2D eigenvalue weighted by molar-refractivity contribution is 6.34. The monoisotopic (exact) mass is 296 g/mol. The number of hydrogen-bond acceptors (Lipinski definition) is 3. The van der Waals surface area contributed by atoms with Crippen molar-refractivity contribution in [1.29, 1.82) is 0 Å². The van der Waals surface area contributed by atoms with Crippen molar-refractivity contribution >= 4 is 17.4 Å². The van der Waals surface area contributed by atoms with Crippen LogP contribution >= 0.6 is 11.6 Å². The average Bonchev–Trinajstić information content (AvgIpc) is 2.41. The molecule has 0 spiro atoms. The van der Waals surface area contributed by atoms with E-state index in [1.165, 1.54) is 0 Å². The lowest BCUT2D eigenvalue weighted by Gasteiger charge is -2.34. The molecule has 0 unspecified atom stereocenters. The van der Waals surface area contributed by atoms with Gasteiger partial charge in [0.2, 0.25) is 0 Å². The van der Waals surface area contributed by atoms with Gasteiger partial charge in [0.1, 0.15) is 5.75 Å². The second-order valence-corrected chi connectivity index (χ2v) is 6.49. The van der Waals surface area contributed by atoms with E-state index in [1.807, 2.05) is 0 Å². The first kappa shape index (κ1) is 15.0. The Morgan fingerprint density at radius 3 is 2.65 bits per heavy atom. The van der Waals surface area contributed by atoms with Crippen LogP contribution in [0.15, 0.2) is 23.4 Å². The summed E-state index contributed by atoms with van der Waals surface area (Å²) < 4.78 is 6.03. The summed E-state index contributed by atoms with van der Waals surface area (Å²) in [7, 11) is 0. The molecule has 0 aromatic heterocycles. The van der Waals surface area contributed by atoms with E-state index < -0.39 is 0 Å². The van der Waals surface area contributed by atoms with Gasteiger partial charge < -0.3 is 15.7 Å². The highest BCUT2D eigenvalue weighted by Crippen LogP contribution is 2.37. The number of nitrogens with zero attached hydrogens (tertiary/aromatic N) is 1. The second kappa shape index (κ2) is 5.92. The number of nitrogens with two attached hydrogens (primary N) is 1. The van der Waals surface area contributed by atoms with Crippen LogP contribution in [0.5, 0.6) is 5.75 Å². The third-order valence-electron chi connectivity index (χ3n) is 3.92. The predicted molar refractivity (Wildman–Crippen MR) is 80.6 cm³/mol. The Bertz CT molecular complexity index is 505. The molecule has 0 radical (unpaired) electrons. The molecule has 3 N–H and O–H groups in total. The summed E-state index contributed by atoms with van der Waals surface area (Å²) in [6.07, 6.45) is 4.45. The Balaban J connectivity index is 2.16. The van der Waals surface area contributed by atoms with E-state index in [4.69, 9.17) is 27.3 Å². The zero-order valence-electron chi connectivity index (χ0n) is 11.9. The van der Waals surface area contributed by atoms with Crippen LogP contribution in [0.1, 0.15) is 45.1 Å². The van der Waals surface area contributed by atoms with E-state index in [2.05, 4.69) is 19.0 Å². The minimum absolute atomic E-state index is 0.0262. The maximum absolute atomic E-state index is 8.86. The number of oxime groups is 1. The lowest BCUT2D eigenvalue weighted by Crippen LogP contribution is -2.29. The number of halogens is 1. The van der Waals surface area contributed by atoms with Gasteiger partial charge in [-0.3, -0.25) is 0 Å². The number of hydrogen-bond donors (Lipinski definition) is 2. The van der Waals surface area contributed by atoms with E-state index in [0.29, 0.717) is 21.8 Å². The van der Waals surface area contributed by atoms with Gasteiger partial charge in [0.15, 0.2) is 5.84 Å².